The number of hydrogen-bond acceptors (Lipinski definition) is 7. The molecule has 0 atom stereocenters. The summed E-state index contributed by atoms with van der Waals surface area (Å²) in [6.07, 6.45) is 1.77. The number of rotatable bonds is 8. The number of aliphatic hydroxyl groups is 1. The summed E-state index contributed by atoms with van der Waals surface area (Å²) in [6, 6.07) is 5.79. The van der Waals surface area contributed by atoms with E-state index < -0.39 is 0 Å². The van der Waals surface area contributed by atoms with Crippen LogP contribution in [0.5, 0.6) is 11.5 Å². The molecule has 2 N–H and O–H groups in total. The summed E-state index contributed by atoms with van der Waals surface area (Å²) in [7, 11) is 0. The van der Waals surface area contributed by atoms with Crippen LogP contribution in [-0.4, -0.2) is 28.3 Å². The summed E-state index contributed by atoms with van der Waals surface area (Å²) < 4.78 is 11.4. The topological polar surface area (TPSA) is 76.5 Å². The van der Waals surface area contributed by atoms with Gasteiger partial charge in [0.1, 0.15) is 5.01 Å². The van der Waals surface area contributed by atoms with Crippen molar-refractivity contribution < 1.29 is 14.6 Å². The lowest BCUT2D eigenvalue weighted by Crippen LogP contribution is -2.02. The van der Waals surface area contributed by atoms with Crippen LogP contribution in [-0.2, 0) is 13.2 Å². The van der Waals surface area contributed by atoms with E-state index in [4.69, 9.17) is 14.6 Å². The number of nitrogens with zero attached hydrogens (tertiary/aromatic N) is 2. The molecule has 7 heteroatoms. The first-order valence-corrected chi connectivity index (χ1v) is 9.09. The van der Waals surface area contributed by atoms with Crippen LogP contribution in [0.3, 0.4) is 0 Å². The number of aliphatic hydroxyl groups excluding tert-OH is 1. The fourth-order valence-corrected chi connectivity index (χ4v) is 3.24. The third-order valence-corrected chi connectivity index (χ3v) is 4.50. The zero-order valence-corrected chi connectivity index (χ0v) is 15.1. The van der Waals surface area contributed by atoms with E-state index in [-0.39, 0.29) is 6.61 Å². The first-order chi connectivity index (χ1) is 12.2. The Bertz CT molecular complexity index is 851. The highest BCUT2D eigenvalue weighted by Crippen LogP contribution is 2.35. The van der Waals surface area contributed by atoms with E-state index in [1.165, 1.54) is 11.3 Å². The molecule has 0 saturated heterocycles. The Hall–Kier alpha value is -2.38. The largest absolute Gasteiger partial charge is 0.490 e. The molecule has 0 amide bonds. The Kier molecular flexibility index (Phi) is 5.67. The zero-order chi connectivity index (χ0) is 17.6. The van der Waals surface area contributed by atoms with Crippen molar-refractivity contribution in [2.45, 2.75) is 27.0 Å². The van der Waals surface area contributed by atoms with Crippen molar-refractivity contribution in [3.05, 3.63) is 40.5 Å². The molecule has 25 heavy (non-hydrogen) atoms. The number of anilines is 1. The third kappa shape index (κ3) is 4.00. The first-order valence-electron chi connectivity index (χ1n) is 8.21. The van der Waals surface area contributed by atoms with E-state index in [2.05, 4.69) is 15.3 Å². The molecule has 0 unspecified atom stereocenters. The molecule has 132 valence electrons. The highest BCUT2D eigenvalue weighted by atomic mass is 32.1. The average molecular weight is 359 g/mol. The second kappa shape index (κ2) is 8.13. The molecule has 0 saturated carbocycles. The normalized spacial score (nSPS) is 10.8. The van der Waals surface area contributed by atoms with Crippen molar-refractivity contribution in [2.75, 3.05) is 18.5 Å². The van der Waals surface area contributed by atoms with Gasteiger partial charge in [-0.2, -0.15) is 0 Å². The van der Waals surface area contributed by atoms with Gasteiger partial charge in [-0.3, -0.25) is 4.98 Å². The molecule has 3 rings (SSSR count). The molecule has 0 aliphatic heterocycles. The molecule has 0 fully saturated rings. The van der Waals surface area contributed by atoms with Gasteiger partial charge in [0.05, 0.1) is 37.6 Å². The minimum Gasteiger partial charge on any atom is -0.490 e. The lowest BCUT2D eigenvalue weighted by molar-refractivity contribution is 0.277. The van der Waals surface area contributed by atoms with Gasteiger partial charge in [0, 0.05) is 28.7 Å². The lowest BCUT2D eigenvalue weighted by atomic mass is 10.1. The van der Waals surface area contributed by atoms with Gasteiger partial charge >= 0.3 is 0 Å². The predicted molar refractivity (Wildman–Crippen MR) is 99.4 cm³/mol. The highest BCUT2D eigenvalue weighted by Gasteiger charge is 2.11. The van der Waals surface area contributed by atoms with Crippen LogP contribution >= 0.6 is 11.3 Å². The predicted octanol–water partition coefficient (Wildman–Crippen LogP) is 3.59. The van der Waals surface area contributed by atoms with E-state index in [1.54, 1.807) is 6.20 Å². The van der Waals surface area contributed by atoms with Crippen molar-refractivity contribution in [3.63, 3.8) is 0 Å². The molecule has 0 bridgehead atoms. The maximum atomic E-state index is 9.12. The summed E-state index contributed by atoms with van der Waals surface area (Å²) in [5, 5.41) is 16.3. The Morgan fingerprint density at radius 1 is 1.16 bits per heavy atom. The Labute approximate surface area is 150 Å². The lowest BCUT2D eigenvalue weighted by Gasteiger charge is -2.14. The first kappa shape index (κ1) is 17.4. The van der Waals surface area contributed by atoms with Crippen molar-refractivity contribution in [2.24, 2.45) is 0 Å². The van der Waals surface area contributed by atoms with E-state index >= 15 is 0 Å². The maximum absolute atomic E-state index is 9.12. The van der Waals surface area contributed by atoms with Gasteiger partial charge in [0.25, 0.3) is 0 Å². The van der Waals surface area contributed by atoms with Gasteiger partial charge in [-0.05, 0) is 26.0 Å². The van der Waals surface area contributed by atoms with Gasteiger partial charge in [-0.15, -0.1) is 11.3 Å². The van der Waals surface area contributed by atoms with Crippen LogP contribution < -0.4 is 14.8 Å². The minimum absolute atomic E-state index is 0.0351. The van der Waals surface area contributed by atoms with Crippen molar-refractivity contribution in [3.8, 4) is 11.5 Å². The minimum atomic E-state index is -0.0351. The van der Waals surface area contributed by atoms with E-state index in [9.17, 15) is 0 Å². The van der Waals surface area contributed by atoms with Crippen LogP contribution in [0, 0.1) is 0 Å². The molecule has 2 aromatic heterocycles. The standard InChI is InChI=1S/C18H21N3O3S/c1-3-23-16-7-13-14(20-9-18-21-12(10-22)11-25-18)5-6-19-15(13)8-17(16)24-4-2/h5-8,11,22H,3-4,9-10H2,1-2H3,(H,19,20). The monoisotopic (exact) mass is 359 g/mol. The zero-order valence-electron chi connectivity index (χ0n) is 14.3. The van der Waals surface area contributed by atoms with Gasteiger partial charge in [0.15, 0.2) is 11.5 Å². The molecule has 0 aliphatic rings. The molecular weight excluding hydrogens is 338 g/mol. The maximum Gasteiger partial charge on any atom is 0.163 e. The van der Waals surface area contributed by atoms with E-state index in [0.29, 0.717) is 37.0 Å². The smallest absolute Gasteiger partial charge is 0.163 e. The van der Waals surface area contributed by atoms with Crippen molar-refractivity contribution in [1.29, 1.82) is 0 Å². The SMILES string of the molecule is CCOc1cc2nccc(NCc3nc(CO)cs3)c2cc1OCC. The Morgan fingerprint density at radius 3 is 2.60 bits per heavy atom. The molecule has 0 aliphatic carbocycles. The molecule has 0 radical (unpaired) electrons. The molecule has 2 heterocycles. The summed E-state index contributed by atoms with van der Waals surface area (Å²) in [5.74, 6) is 1.42. The third-order valence-electron chi connectivity index (χ3n) is 3.60. The number of benzene rings is 1. The fourth-order valence-electron chi connectivity index (χ4n) is 2.52. The van der Waals surface area contributed by atoms with Crippen LogP contribution in [0.15, 0.2) is 29.8 Å². The quantitative estimate of drug-likeness (QED) is 0.640. The van der Waals surface area contributed by atoms with Gasteiger partial charge < -0.3 is 19.9 Å². The van der Waals surface area contributed by atoms with Gasteiger partial charge in [0.2, 0.25) is 0 Å². The number of fused-ring (bicyclic) bond motifs is 1. The fraction of sp³-hybridized carbons (Fsp3) is 0.333. The number of aromatic nitrogens is 2. The second-order valence-corrected chi connectivity index (χ2v) is 6.23. The van der Waals surface area contributed by atoms with E-state index in [0.717, 1.165) is 21.6 Å². The Balaban J connectivity index is 1.90. The second-order valence-electron chi connectivity index (χ2n) is 5.28. The average Bonchev–Trinajstić information content (AvgIpc) is 3.09. The summed E-state index contributed by atoms with van der Waals surface area (Å²) >= 11 is 1.53. The number of thiazole rings is 1. The highest BCUT2D eigenvalue weighted by molar-refractivity contribution is 7.09. The number of pyridine rings is 1. The van der Waals surface area contributed by atoms with Gasteiger partial charge in [-0.1, -0.05) is 0 Å². The molecule has 6 nitrogen and oxygen atoms in total. The Morgan fingerprint density at radius 2 is 1.92 bits per heavy atom. The van der Waals surface area contributed by atoms with Crippen molar-refractivity contribution >= 4 is 27.9 Å². The van der Waals surface area contributed by atoms with Crippen LogP contribution in [0.1, 0.15) is 24.5 Å². The molecule has 1 aromatic carbocycles. The molecular formula is C18H21N3O3S. The van der Waals surface area contributed by atoms with E-state index in [1.807, 2.05) is 37.4 Å². The van der Waals surface area contributed by atoms with Gasteiger partial charge in [-0.25, -0.2) is 4.98 Å². The summed E-state index contributed by atoms with van der Waals surface area (Å²) in [6.45, 7) is 5.58. The number of hydrogen-bond donors (Lipinski definition) is 2. The number of ether oxygens (including phenoxy) is 2. The molecule has 0 spiro atoms. The summed E-state index contributed by atoms with van der Waals surface area (Å²) in [4.78, 5) is 8.79. The van der Waals surface area contributed by atoms with Crippen LogP contribution in [0.2, 0.25) is 0 Å². The van der Waals surface area contributed by atoms with Crippen LogP contribution in [0.25, 0.3) is 10.9 Å². The van der Waals surface area contributed by atoms with Crippen molar-refractivity contribution in [1.82, 2.24) is 9.97 Å². The molecule has 3 aromatic rings. The van der Waals surface area contributed by atoms with Crippen LogP contribution in [0.4, 0.5) is 5.69 Å². The summed E-state index contributed by atoms with van der Waals surface area (Å²) in [5.41, 5.74) is 2.49. The number of nitrogens with one attached hydrogen (secondary N) is 1.